The van der Waals surface area contributed by atoms with E-state index in [0.29, 0.717) is 0 Å². The van der Waals surface area contributed by atoms with Crippen molar-refractivity contribution in [3.8, 4) is 0 Å². The molecule has 0 aromatic carbocycles. The Morgan fingerprint density at radius 3 is 2.00 bits per heavy atom. The molecule has 1 saturated heterocycles. The molecule has 0 aromatic heterocycles. The fraction of sp³-hybridized carbons (Fsp3) is 0.727. The zero-order valence-electron chi connectivity index (χ0n) is 10.9. The summed E-state index contributed by atoms with van der Waals surface area (Å²) in [6, 6.07) is 0. The van der Waals surface area contributed by atoms with Crippen molar-refractivity contribution in [1.82, 2.24) is 0 Å². The van der Waals surface area contributed by atoms with Gasteiger partial charge in [0, 0.05) is 6.42 Å². The molecule has 1 heterocycles. The predicted octanol–water partition coefficient (Wildman–Crippen LogP) is -1.03. The van der Waals surface area contributed by atoms with Crippen molar-refractivity contribution in [2.75, 3.05) is 7.11 Å². The number of rotatable bonds is 6. The fourth-order valence-corrected chi connectivity index (χ4v) is 1.92. The van der Waals surface area contributed by atoms with E-state index in [9.17, 15) is 19.5 Å². The third kappa shape index (κ3) is 3.89. The van der Waals surface area contributed by atoms with Crippen LogP contribution in [0, 0.1) is 0 Å². The molecular formula is C11H16O9. The van der Waals surface area contributed by atoms with E-state index >= 15 is 0 Å². The molecule has 0 amide bonds. The van der Waals surface area contributed by atoms with E-state index < -0.39 is 42.0 Å². The number of hydrogen-bond acceptors (Lipinski definition) is 7. The Hall–Kier alpha value is -1.71. The van der Waals surface area contributed by atoms with Crippen molar-refractivity contribution >= 4 is 17.9 Å². The summed E-state index contributed by atoms with van der Waals surface area (Å²) in [5.74, 6) is -5.24. The molecule has 1 fully saturated rings. The van der Waals surface area contributed by atoms with E-state index in [4.69, 9.17) is 19.7 Å². The highest BCUT2D eigenvalue weighted by Crippen LogP contribution is 2.33. The molecule has 9 heteroatoms. The van der Waals surface area contributed by atoms with E-state index in [2.05, 4.69) is 4.74 Å². The number of carbonyl (C=O) groups excluding carboxylic acids is 1. The van der Waals surface area contributed by atoms with Crippen molar-refractivity contribution < 1.29 is 43.9 Å². The van der Waals surface area contributed by atoms with Crippen LogP contribution in [0.4, 0.5) is 0 Å². The van der Waals surface area contributed by atoms with Gasteiger partial charge in [-0.05, 0) is 6.92 Å². The SMILES string of the molecule is COC(=O)C[C@H](O)CC1(C)O[C@@H](C(=O)O)[C@H](C(=O)O)O1. The molecule has 114 valence electrons. The number of aliphatic carboxylic acids is 2. The highest BCUT2D eigenvalue weighted by molar-refractivity contribution is 5.84. The number of aliphatic hydroxyl groups is 1. The zero-order valence-corrected chi connectivity index (χ0v) is 10.9. The summed E-state index contributed by atoms with van der Waals surface area (Å²) in [6.07, 6.45) is -5.18. The fourth-order valence-electron chi connectivity index (χ4n) is 1.92. The first-order valence-electron chi connectivity index (χ1n) is 5.74. The summed E-state index contributed by atoms with van der Waals surface area (Å²) in [6.45, 7) is 1.30. The van der Waals surface area contributed by atoms with Crippen molar-refractivity contribution in [2.24, 2.45) is 0 Å². The molecule has 0 aromatic rings. The Bertz CT molecular complexity index is 383. The summed E-state index contributed by atoms with van der Waals surface area (Å²) in [7, 11) is 1.15. The molecule has 0 radical (unpaired) electrons. The molecule has 0 bridgehead atoms. The average molecular weight is 292 g/mol. The van der Waals surface area contributed by atoms with E-state index in [1.54, 1.807) is 0 Å². The topological polar surface area (TPSA) is 140 Å². The molecule has 3 N–H and O–H groups in total. The van der Waals surface area contributed by atoms with Gasteiger partial charge in [-0.3, -0.25) is 4.79 Å². The molecule has 1 rings (SSSR count). The van der Waals surface area contributed by atoms with Crippen LogP contribution in [0.25, 0.3) is 0 Å². The molecule has 9 nitrogen and oxygen atoms in total. The Morgan fingerprint density at radius 2 is 1.65 bits per heavy atom. The van der Waals surface area contributed by atoms with Gasteiger partial charge in [-0.25, -0.2) is 9.59 Å². The molecule has 0 saturated carbocycles. The highest BCUT2D eigenvalue weighted by Gasteiger charge is 2.52. The third-order valence-corrected chi connectivity index (χ3v) is 2.75. The Balaban J connectivity index is 2.72. The maximum Gasteiger partial charge on any atom is 0.336 e. The van der Waals surface area contributed by atoms with Gasteiger partial charge in [0.15, 0.2) is 18.0 Å². The van der Waals surface area contributed by atoms with Crippen molar-refractivity contribution in [1.29, 1.82) is 0 Å². The number of methoxy groups -OCH3 is 1. The largest absolute Gasteiger partial charge is 0.479 e. The van der Waals surface area contributed by atoms with E-state index in [0.717, 1.165) is 7.11 Å². The van der Waals surface area contributed by atoms with Crippen LogP contribution in [0.2, 0.25) is 0 Å². The van der Waals surface area contributed by atoms with Gasteiger partial charge in [0.05, 0.1) is 19.6 Å². The summed E-state index contributed by atoms with van der Waals surface area (Å²) < 4.78 is 14.5. The second-order valence-corrected chi connectivity index (χ2v) is 4.53. The summed E-state index contributed by atoms with van der Waals surface area (Å²) in [4.78, 5) is 32.8. The van der Waals surface area contributed by atoms with Gasteiger partial charge >= 0.3 is 17.9 Å². The third-order valence-electron chi connectivity index (χ3n) is 2.75. The Morgan fingerprint density at radius 1 is 1.20 bits per heavy atom. The van der Waals surface area contributed by atoms with Gasteiger partial charge in [-0.1, -0.05) is 0 Å². The maximum atomic E-state index is 11.0. The molecule has 0 aliphatic carbocycles. The lowest BCUT2D eigenvalue weighted by molar-refractivity contribution is -0.191. The molecule has 20 heavy (non-hydrogen) atoms. The van der Waals surface area contributed by atoms with Crippen LogP contribution in [-0.2, 0) is 28.6 Å². The standard InChI is InChI=1S/C11H16O9/c1-11(4-5(12)3-6(13)18-2)19-7(9(14)15)8(20-11)10(16)17/h5,7-8,12H,3-4H2,1-2H3,(H,14,15)(H,16,17)/t5-,7+,8+/m0/s1. The lowest BCUT2D eigenvalue weighted by Gasteiger charge is -2.25. The Kier molecular flexibility index (Phi) is 5.03. The minimum Gasteiger partial charge on any atom is -0.479 e. The molecule has 1 aliphatic rings. The van der Waals surface area contributed by atoms with Crippen LogP contribution in [0.1, 0.15) is 19.8 Å². The minimum atomic E-state index is -1.68. The number of esters is 1. The number of aliphatic hydroxyl groups excluding tert-OH is 1. The van der Waals surface area contributed by atoms with E-state index in [-0.39, 0.29) is 12.8 Å². The smallest absolute Gasteiger partial charge is 0.336 e. The average Bonchev–Trinajstić information content (AvgIpc) is 2.67. The molecule has 3 atom stereocenters. The van der Waals surface area contributed by atoms with Crippen LogP contribution in [0.5, 0.6) is 0 Å². The van der Waals surface area contributed by atoms with Gasteiger partial charge < -0.3 is 29.5 Å². The molecule has 0 unspecified atom stereocenters. The first-order valence-corrected chi connectivity index (χ1v) is 5.74. The molecule has 1 aliphatic heterocycles. The quantitative estimate of drug-likeness (QED) is 0.524. The highest BCUT2D eigenvalue weighted by atomic mass is 16.8. The first-order chi connectivity index (χ1) is 9.18. The lowest BCUT2D eigenvalue weighted by atomic mass is 10.1. The number of carbonyl (C=O) groups is 3. The predicted molar refractivity (Wildman–Crippen MR) is 60.7 cm³/mol. The first kappa shape index (κ1) is 16.3. The van der Waals surface area contributed by atoms with Crippen LogP contribution in [-0.4, -0.2) is 64.4 Å². The second-order valence-electron chi connectivity index (χ2n) is 4.53. The van der Waals surface area contributed by atoms with Gasteiger partial charge in [0.25, 0.3) is 0 Å². The van der Waals surface area contributed by atoms with Crippen LogP contribution in [0.15, 0.2) is 0 Å². The number of hydrogen-bond donors (Lipinski definition) is 3. The summed E-state index contributed by atoms with van der Waals surface area (Å²) in [5.41, 5.74) is 0. The van der Waals surface area contributed by atoms with Crippen LogP contribution in [0.3, 0.4) is 0 Å². The van der Waals surface area contributed by atoms with Crippen molar-refractivity contribution in [3.05, 3.63) is 0 Å². The number of ether oxygens (including phenoxy) is 3. The van der Waals surface area contributed by atoms with Crippen LogP contribution >= 0.6 is 0 Å². The van der Waals surface area contributed by atoms with Crippen molar-refractivity contribution in [2.45, 2.75) is 43.9 Å². The van der Waals surface area contributed by atoms with Crippen molar-refractivity contribution in [3.63, 3.8) is 0 Å². The van der Waals surface area contributed by atoms with Gasteiger partial charge in [0.1, 0.15) is 0 Å². The zero-order chi connectivity index (χ0) is 15.5. The molecule has 0 spiro atoms. The van der Waals surface area contributed by atoms with Gasteiger partial charge in [0.2, 0.25) is 0 Å². The number of carboxylic acids is 2. The number of carboxylic acid groups (broad SMARTS) is 2. The summed E-state index contributed by atoms with van der Waals surface area (Å²) >= 11 is 0. The van der Waals surface area contributed by atoms with E-state index in [1.165, 1.54) is 6.92 Å². The summed E-state index contributed by atoms with van der Waals surface area (Å²) in [5, 5.41) is 27.4. The maximum absolute atomic E-state index is 11.0. The normalized spacial score (nSPS) is 25.9. The van der Waals surface area contributed by atoms with Crippen LogP contribution < -0.4 is 0 Å². The van der Waals surface area contributed by atoms with E-state index in [1.807, 2.05) is 0 Å². The second kappa shape index (κ2) is 6.16. The monoisotopic (exact) mass is 292 g/mol. The lowest BCUT2D eigenvalue weighted by Crippen LogP contribution is -2.36. The molecular weight excluding hydrogens is 276 g/mol. The Labute approximate surface area is 114 Å². The van der Waals surface area contributed by atoms with Gasteiger partial charge in [-0.2, -0.15) is 0 Å². The minimum absolute atomic E-state index is 0.268. The van der Waals surface area contributed by atoms with Gasteiger partial charge in [-0.15, -0.1) is 0 Å².